The first-order chi connectivity index (χ1) is 17.3. The lowest BCUT2D eigenvalue weighted by atomic mass is 10.0. The zero-order valence-corrected chi connectivity index (χ0v) is 19.1. The van der Waals surface area contributed by atoms with E-state index < -0.39 is 24.3 Å². The molecule has 1 aromatic carbocycles. The number of alkyl halides is 6. The first kappa shape index (κ1) is 29.4. The molecule has 1 saturated heterocycles. The van der Waals surface area contributed by atoms with Crippen molar-refractivity contribution in [2.75, 3.05) is 18.4 Å². The summed E-state index contributed by atoms with van der Waals surface area (Å²) in [5, 5.41) is 26.1. The molecule has 202 valence electrons. The predicted octanol–water partition coefficient (Wildman–Crippen LogP) is 4.30. The molecule has 4 N–H and O–H groups in total. The van der Waals surface area contributed by atoms with E-state index in [4.69, 9.17) is 19.8 Å². The Morgan fingerprint density at radius 1 is 1.00 bits per heavy atom. The summed E-state index contributed by atoms with van der Waals surface area (Å²) >= 11 is 0. The number of piperidine rings is 1. The molecule has 2 aromatic heterocycles. The quantitative estimate of drug-likeness (QED) is 0.364. The number of pyridine rings is 1. The lowest BCUT2D eigenvalue weighted by molar-refractivity contribution is -0.193. The summed E-state index contributed by atoms with van der Waals surface area (Å²) in [6.07, 6.45) is -2.16. The minimum absolute atomic E-state index is 0.546. The number of carboxylic acid groups (broad SMARTS) is 2. The van der Waals surface area contributed by atoms with Crippen LogP contribution in [0.4, 0.5) is 32.0 Å². The number of hydrogen-bond acceptors (Lipinski definition) is 6. The SMILES string of the molecule is O=C(O)C(F)(F)F.O=C(O)C(F)(F)F.c1cncc(CN2CCC(Nc3ccc4[nH]ncc4c3)CC2)c1. The van der Waals surface area contributed by atoms with Crippen molar-refractivity contribution in [3.05, 3.63) is 54.5 Å². The molecule has 0 radical (unpaired) electrons. The van der Waals surface area contributed by atoms with Crippen LogP contribution in [-0.2, 0) is 16.1 Å². The average Bonchev–Trinajstić information content (AvgIpc) is 3.29. The average molecular weight is 535 g/mol. The number of aliphatic carboxylic acids is 2. The van der Waals surface area contributed by atoms with Crippen LogP contribution in [0.25, 0.3) is 10.9 Å². The van der Waals surface area contributed by atoms with Crippen LogP contribution >= 0.6 is 0 Å². The van der Waals surface area contributed by atoms with Crippen molar-refractivity contribution < 1.29 is 46.1 Å². The number of carbonyl (C=O) groups is 2. The number of rotatable bonds is 4. The summed E-state index contributed by atoms with van der Waals surface area (Å²) in [7, 11) is 0. The number of aromatic nitrogens is 3. The van der Waals surface area contributed by atoms with E-state index in [-0.39, 0.29) is 0 Å². The third-order valence-corrected chi connectivity index (χ3v) is 5.01. The molecule has 1 fully saturated rings. The lowest BCUT2D eigenvalue weighted by Crippen LogP contribution is -2.38. The van der Waals surface area contributed by atoms with Gasteiger partial charge in [-0.15, -0.1) is 0 Å². The van der Waals surface area contributed by atoms with Gasteiger partial charge in [-0.2, -0.15) is 31.4 Å². The molecule has 3 heterocycles. The molecule has 9 nitrogen and oxygen atoms in total. The maximum absolute atomic E-state index is 10.6. The highest BCUT2D eigenvalue weighted by atomic mass is 19.4. The number of aromatic amines is 1. The van der Waals surface area contributed by atoms with Crippen molar-refractivity contribution in [1.29, 1.82) is 0 Å². The Balaban J connectivity index is 0.000000286. The van der Waals surface area contributed by atoms with Gasteiger partial charge in [0, 0.05) is 49.1 Å². The third-order valence-electron chi connectivity index (χ3n) is 5.01. The number of carboxylic acids is 2. The van der Waals surface area contributed by atoms with Gasteiger partial charge >= 0.3 is 24.3 Å². The zero-order valence-electron chi connectivity index (χ0n) is 19.1. The Labute approximate surface area is 206 Å². The summed E-state index contributed by atoms with van der Waals surface area (Å²) in [6.45, 7) is 3.25. The predicted molar refractivity (Wildman–Crippen MR) is 120 cm³/mol. The van der Waals surface area contributed by atoms with E-state index in [1.54, 1.807) is 0 Å². The largest absolute Gasteiger partial charge is 0.490 e. The fourth-order valence-corrected chi connectivity index (χ4v) is 3.25. The van der Waals surface area contributed by atoms with Gasteiger partial charge in [0.05, 0.1) is 11.7 Å². The van der Waals surface area contributed by atoms with Gasteiger partial charge in [0.1, 0.15) is 0 Å². The Morgan fingerprint density at radius 3 is 2.11 bits per heavy atom. The van der Waals surface area contributed by atoms with E-state index in [0.29, 0.717) is 6.04 Å². The van der Waals surface area contributed by atoms with E-state index in [1.807, 2.05) is 24.7 Å². The van der Waals surface area contributed by atoms with E-state index in [0.717, 1.165) is 30.5 Å². The first-order valence-electron chi connectivity index (χ1n) is 10.7. The van der Waals surface area contributed by atoms with Crippen LogP contribution in [0.2, 0.25) is 0 Å². The Morgan fingerprint density at radius 2 is 1.59 bits per heavy atom. The second-order valence-corrected chi connectivity index (χ2v) is 7.83. The van der Waals surface area contributed by atoms with Crippen molar-refractivity contribution >= 4 is 28.5 Å². The van der Waals surface area contributed by atoms with Crippen LogP contribution in [0.5, 0.6) is 0 Å². The van der Waals surface area contributed by atoms with Crippen molar-refractivity contribution in [1.82, 2.24) is 20.1 Å². The summed E-state index contributed by atoms with van der Waals surface area (Å²) in [5.74, 6) is -5.51. The van der Waals surface area contributed by atoms with Crippen LogP contribution in [0.15, 0.2) is 48.9 Å². The topological polar surface area (TPSA) is 131 Å². The molecule has 3 aromatic rings. The molecule has 0 spiro atoms. The summed E-state index contributed by atoms with van der Waals surface area (Å²) in [5.41, 5.74) is 3.57. The molecule has 0 unspecified atom stereocenters. The van der Waals surface area contributed by atoms with Gasteiger partial charge in [-0.05, 0) is 42.7 Å². The second kappa shape index (κ2) is 12.9. The van der Waals surface area contributed by atoms with Crippen molar-refractivity contribution in [2.24, 2.45) is 0 Å². The van der Waals surface area contributed by atoms with Crippen LogP contribution in [0.3, 0.4) is 0 Å². The summed E-state index contributed by atoms with van der Waals surface area (Å²) < 4.78 is 63.5. The number of anilines is 1. The number of likely N-dealkylation sites (tertiary alicyclic amines) is 1. The highest BCUT2D eigenvalue weighted by Gasteiger charge is 2.38. The molecular weight excluding hydrogens is 512 g/mol. The van der Waals surface area contributed by atoms with Crippen LogP contribution in [0.1, 0.15) is 18.4 Å². The smallest absolute Gasteiger partial charge is 0.475 e. The van der Waals surface area contributed by atoms with Gasteiger partial charge < -0.3 is 15.5 Å². The van der Waals surface area contributed by atoms with Crippen LogP contribution < -0.4 is 5.32 Å². The molecule has 0 aliphatic carbocycles. The van der Waals surface area contributed by atoms with Gasteiger partial charge in [-0.25, -0.2) is 9.59 Å². The number of H-pyrrole nitrogens is 1. The fraction of sp³-hybridized carbons (Fsp3) is 0.364. The van der Waals surface area contributed by atoms with Gasteiger partial charge in [-0.1, -0.05) is 6.07 Å². The first-order valence-corrected chi connectivity index (χ1v) is 10.7. The highest BCUT2D eigenvalue weighted by molar-refractivity contribution is 5.81. The maximum Gasteiger partial charge on any atom is 0.490 e. The number of nitrogens with one attached hydrogen (secondary N) is 2. The van der Waals surface area contributed by atoms with Gasteiger partial charge in [-0.3, -0.25) is 15.0 Å². The molecule has 0 amide bonds. The van der Waals surface area contributed by atoms with Crippen LogP contribution in [-0.4, -0.2) is 73.7 Å². The molecule has 15 heteroatoms. The molecule has 0 atom stereocenters. The Hall–Kier alpha value is -3.88. The summed E-state index contributed by atoms with van der Waals surface area (Å²) in [4.78, 5) is 24.5. The number of hydrogen-bond donors (Lipinski definition) is 4. The van der Waals surface area contributed by atoms with Gasteiger partial charge in [0.15, 0.2) is 0 Å². The minimum atomic E-state index is -5.08. The number of halogens is 6. The standard InChI is InChI=1S/C18H21N5.2C2HF3O2/c1-2-14(11-19-7-1)13-23-8-5-16(6-9-23)21-17-3-4-18-15(10-17)12-20-22-18;2*3-2(4,5)1(6)7/h1-4,7,10-12,16,21H,5-6,8-9,13H2,(H,20,22);2*(H,6,7). The van der Waals surface area contributed by atoms with Crippen molar-refractivity contribution in [3.63, 3.8) is 0 Å². The van der Waals surface area contributed by atoms with E-state index in [1.165, 1.54) is 24.1 Å². The molecule has 4 rings (SSSR count). The summed E-state index contributed by atoms with van der Waals surface area (Å²) in [6, 6.07) is 11.1. The van der Waals surface area contributed by atoms with Gasteiger partial charge in [0.25, 0.3) is 0 Å². The molecule has 1 aliphatic rings. The lowest BCUT2D eigenvalue weighted by Gasteiger charge is -2.32. The molecular formula is C22H23F6N5O4. The number of fused-ring (bicyclic) bond motifs is 1. The van der Waals surface area contributed by atoms with Crippen molar-refractivity contribution in [3.8, 4) is 0 Å². The maximum atomic E-state index is 10.6. The molecule has 0 bridgehead atoms. The Kier molecular flexibility index (Phi) is 10.2. The van der Waals surface area contributed by atoms with Gasteiger partial charge in [0.2, 0.25) is 0 Å². The molecule has 0 saturated carbocycles. The van der Waals surface area contributed by atoms with Crippen molar-refractivity contribution in [2.45, 2.75) is 37.8 Å². The second-order valence-electron chi connectivity index (χ2n) is 7.83. The van der Waals surface area contributed by atoms with E-state index in [2.05, 4.69) is 49.7 Å². The number of benzene rings is 1. The molecule has 1 aliphatic heterocycles. The third kappa shape index (κ3) is 10.3. The van der Waals surface area contributed by atoms with E-state index in [9.17, 15) is 26.3 Å². The monoisotopic (exact) mass is 535 g/mol. The van der Waals surface area contributed by atoms with E-state index >= 15 is 0 Å². The number of nitrogens with zero attached hydrogens (tertiary/aromatic N) is 3. The minimum Gasteiger partial charge on any atom is -0.475 e. The Bertz CT molecular complexity index is 1120. The highest BCUT2D eigenvalue weighted by Crippen LogP contribution is 2.21. The molecule has 37 heavy (non-hydrogen) atoms. The zero-order chi connectivity index (χ0) is 27.6. The normalized spacial score (nSPS) is 14.6. The van der Waals surface area contributed by atoms with Crippen LogP contribution in [0, 0.1) is 0 Å². The fourth-order valence-electron chi connectivity index (χ4n) is 3.25.